The third-order valence-corrected chi connectivity index (χ3v) is 5.33. The van der Waals surface area contributed by atoms with E-state index in [1.807, 2.05) is 47.7 Å². The molecule has 0 saturated carbocycles. The number of hydrogen-bond acceptors (Lipinski definition) is 3. The smallest absolute Gasteiger partial charge is 0.270 e. The zero-order valence-corrected chi connectivity index (χ0v) is 16.2. The minimum Gasteiger partial charge on any atom is -0.352 e. The quantitative estimate of drug-likeness (QED) is 0.745. The Hall–Kier alpha value is -3.15. The van der Waals surface area contributed by atoms with Crippen molar-refractivity contribution in [3.05, 3.63) is 65.6 Å². The first-order chi connectivity index (χ1) is 13.5. The van der Waals surface area contributed by atoms with Crippen molar-refractivity contribution in [2.75, 3.05) is 6.54 Å². The van der Waals surface area contributed by atoms with E-state index in [-0.39, 0.29) is 17.9 Å². The highest BCUT2D eigenvalue weighted by molar-refractivity contribution is 5.99. The lowest BCUT2D eigenvalue weighted by Gasteiger charge is -2.26. The number of fused-ring (bicyclic) bond motifs is 1. The van der Waals surface area contributed by atoms with Gasteiger partial charge < -0.3 is 14.8 Å². The lowest BCUT2D eigenvalue weighted by molar-refractivity contribution is -0.119. The average molecular weight is 376 g/mol. The summed E-state index contributed by atoms with van der Waals surface area (Å²) in [6, 6.07) is 12.0. The van der Waals surface area contributed by atoms with Crippen LogP contribution in [0.3, 0.4) is 0 Å². The van der Waals surface area contributed by atoms with Crippen LogP contribution in [-0.4, -0.2) is 38.9 Å². The van der Waals surface area contributed by atoms with Gasteiger partial charge in [0.2, 0.25) is 5.91 Å². The molecule has 6 heteroatoms. The minimum absolute atomic E-state index is 0.00921. The molecule has 28 heavy (non-hydrogen) atoms. The van der Waals surface area contributed by atoms with Gasteiger partial charge in [0.1, 0.15) is 5.69 Å². The molecule has 4 rings (SSSR count). The third kappa shape index (κ3) is 3.63. The van der Waals surface area contributed by atoms with Crippen LogP contribution in [0.5, 0.6) is 0 Å². The number of aryl methyl sites for hydroxylation is 2. The lowest BCUT2D eigenvalue weighted by Crippen LogP contribution is -2.42. The van der Waals surface area contributed by atoms with Gasteiger partial charge in [0.15, 0.2) is 0 Å². The molecule has 3 heterocycles. The summed E-state index contributed by atoms with van der Waals surface area (Å²) in [4.78, 5) is 31.1. The van der Waals surface area contributed by atoms with Crippen molar-refractivity contribution in [3.63, 3.8) is 0 Å². The Labute approximate surface area is 164 Å². The maximum atomic E-state index is 13.5. The van der Waals surface area contributed by atoms with Crippen molar-refractivity contribution in [2.24, 2.45) is 7.05 Å². The molecule has 0 radical (unpaired) electrons. The molecule has 144 valence electrons. The van der Waals surface area contributed by atoms with Crippen LogP contribution < -0.4 is 5.32 Å². The van der Waals surface area contributed by atoms with Gasteiger partial charge in [-0.2, -0.15) is 0 Å². The first-order valence-electron chi connectivity index (χ1n) is 9.55. The highest BCUT2D eigenvalue weighted by Crippen LogP contribution is 2.22. The fourth-order valence-corrected chi connectivity index (χ4v) is 3.85. The molecule has 0 unspecified atom stereocenters. The van der Waals surface area contributed by atoms with Gasteiger partial charge >= 0.3 is 0 Å². The van der Waals surface area contributed by atoms with Crippen LogP contribution in [0.4, 0.5) is 0 Å². The number of nitrogens with one attached hydrogen (secondary N) is 1. The number of carbonyl (C=O) groups is 2. The second-order valence-electron chi connectivity index (χ2n) is 7.50. The molecule has 0 spiro atoms. The lowest BCUT2D eigenvalue weighted by atomic mass is 10.1. The predicted molar refractivity (Wildman–Crippen MR) is 108 cm³/mol. The summed E-state index contributed by atoms with van der Waals surface area (Å²) in [6.45, 7) is 2.99. The molecule has 3 aromatic rings. The fourth-order valence-electron chi connectivity index (χ4n) is 3.85. The summed E-state index contributed by atoms with van der Waals surface area (Å²) in [5.41, 5.74) is 3.81. The molecule has 0 aliphatic carbocycles. The van der Waals surface area contributed by atoms with Gasteiger partial charge in [-0.3, -0.25) is 14.6 Å². The molecule has 1 saturated heterocycles. The van der Waals surface area contributed by atoms with Crippen molar-refractivity contribution in [1.82, 2.24) is 19.8 Å². The van der Waals surface area contributed by atoms with E-state index < -0.39 is 0 Å². The monoisotopic (exact) mass is 376 g/mol. The van der Waals surface area contributed by atoms with E-state index >= 15 is 0 Å². The molecule has 1 aromatic carbocycles. The summed E-state index contributed by atoms with van der Waals surface area (Å²) < 4.78 is 1.95. The molecule has 1 aliphatic rings. The Morgan fingerprint density at radius 2 is 2.18 bits per heavy atom. The van der Waals surface area contributed by atoms with Crippen LogP contribution >= 0.6 is 0 Å². The zero-order valence-electron chi connectivity index (χ0n) is 16.2. The number of nitrogens with zero attached hydrogens (tertiary/aromatic N) is 3. The van der Waals surface area contributed by atoms with Crippen LogP contribution in [0.2, 0.25) is 0 Å². The number of aromatic nitrogens is 2. The number of carbonyl (C=O) groups excluding carboxylic acids is 2. The fraction of sp³-hybridized carbons (Fsp3) is 0.318. The van der Waals surface area contributed by atoms with Crippen molar-refractivity contribution in [3.8, 4) is 0 Å². The van der Waals surface area contributed by atoms with Gasteiger partial charge in [-0.15, -0.1) is 0 Å². The molecule has 2 amide bonds. The van der Waals surface area contributed by atoms with Crippen molar-refractivity contribution in [2.45, 2.75) is 32.4 Å². The van der Waals surface area contributed by atoms with E-state index in [2.05, 4.69) is 22.4 Å². The van der Waals surface area contributed by atoms with Crippen LogP contribution in [0.15, 0.2) is 48.8 Å². The van der Waals surface area contributed by atoms with Gasteiger partial charge in [0, 0.05) is 55.9 Å². The number of pyridine rings is 1. The summed E-state index contributed by atoms with van der Waals surface area (Å²) in [5.74, 6) is 0.0141. The first kappa shape index (κ1) is 18.2. The number of benzene rings is 1. The minimum atomic E-state index is -0.0404. The summed E-state index contributed by atoms with van der Waals surface area (Å²) in [7, 11) is 1.92. The van der Waals surface area contributed by atoms with Gasteiger partial charge in [0.25, 0.3) is 5.91 Å². The van der Waals surface area contributed by atoms with E-state index in [1.165, 1.54) is 0 Å². The number of hydrogen-bond donors (Lipinski definition) is 1. The highest BCUT2D eigenvalue weighted by Gasteiger charge is 2.27. The van der Waals surface area contributed by atoms with Gasteiger partial charge in [-0.25, -0.2) is 0 Å². The highest BCUT2D eigenvalue weighted by atomic mass is 16.2. The Kier molecular flexibility index (Phi) is 4.86. The van der Waals surface area contributed by atoms with E-state index in [1.54, 1.807) is 12.4 Å². The normalized spacial score (nSPS) is 16.4. The Morgan fingerprint density at radius 3 is 2.89 bits per heavy atom. The van der Waals surface area contributed by atoms with Crippen LogP contribution in [-0.2, 0) is 18.4 Å². The van der Waals surface area contributed by atoms with Crippen LogP contribution in [0, 0.1) is 6.92 Å². The van der Waals surface area contributed by atoms with E-state index in [0.717, 1.165) is 28.5 Å². The predicted octanol–water partition coefficient (Wildman–Crippen LogP) is 2.80. The summed E-state index contributed by atoms with van der Waals surface area (Å²) in [5, 5.41) is 4.03. The maximum Gasteiger partial charge on any atom is 0.270 e. The second kappa shape index (κ2) is 7.46. The van der Waals surface area contributed by atoms with E-state index in [0.29, 0.717) is 25.2 Å². The molecule has 1 aliphatic heterocycles. The molecule has 0 bridgehead atoms. The van der Waals surface area contributed by atoms with Crippen molar-refractivity contribution < 1.29 is 9.59 Å². The maximum absolute atomic E-state index is 13.5. The first-order valence-corrected chi connectivity index (χ1v) is 9.55. The van der Waals surface area contributed by atoms with E-state index in [9.17, 15) is 9.59 Å². The molecule has 1 N–H and O–H groups in total. The molecule has 2 aromatic heterocycles. The molecule has 6 nitrogen and oxygen atoms in total. The van der Waals surface area contributed by atoms with Gasteiger partial charge in [-0.05, 0) is 43.2 Å². The SMILES string of the molecule is Cc1ccc2c(c1)cc(C(=O)N(Cc1cccnc1)C[C@@H]1CCC(=O)N1)n2C. The summed E-state index contributed by atoms with van der Waals surface area (Å²) in [6.07, 6.45) is 4.77. The Bertz CT molecular complexity index is 1030. The standard InChI is InChI=1S/C22H24N4O2/c1-15-5-7-19-17(10-15)11-20(25(19)2)22(28)26(13-16-4-3-9-23-12-16)14-18-6-8-21(27)24-18/h3-5,7,9-12,18H,6,8,13-14H2,1-2H3,(H,24,27)/t18-/m0/s1. The van der Waals surface area contributed by atoms with Gasteiger partial charge in [-0.1, -0.05) is 17.7 Å². The topological polar surface area (TPSA) is 67.2 Å². The van der Waals surface area contributed by atoms with Crippen LogP contribution in [0.1, 0.15) is 34.5 Å². The number of amides is 2. The molecular weight excluding hydrogens is 352 g/mol. The zero-order chi connectivity index (χ0) is 19.7. The largest absolute Gasteiger partial charge is 0.352 e. The Morgan fingerprint density at radius 1 is 1.32 bits per heavy atom. The Balaban J connectivity index is 1.65. The molecular formula is C22H24N4O2. The number of rotatable bonds is 5. The second-order valence-corrected chi connectivity index (χ2v) is 7.50. The average Bonchev–Trinajstić information content (AvgIpc) is 3.24. The molecule has 1 atom stereocenters. The van der Waals surface area contributed by atoms with E-state index in [4.69, 9.17) is 0 Å². The van der Waals surface area contributed by atoms with Crippen LogP contribution in [0.25, 0.3) is 10.9 Å². The van der Waals surface area contributed by atoms with Gasteiger partial charge in [0.05, 0.1) is 0 Å². The van der Waals surface area contributed by atoms with Crippen molar-refractivity contribution in [1.29, 1.82) is 0 Å². The summed E-state index contributed by atoms with van der Waals surface area (Å²) >= 11 is 0. The van der Waals surface area contributed by atoms with Crippen molar-refractivity contribution >= 4 is 22.7 Å². The third-order valence-electron chi connectivity index (χ3n) is 5.33. The molecule has 1 fully saturated rings.